The molecule has 30 heavy (non-hydrogen) atoms. The third kappa shape index (κ3) is 6.23. The highest BCUT2D eigenvalue weighted by Gasteiger charge is 2.08. The van der Waals surface area contributed by atoms with Crippen LogP contribution in [-0.4, -0.2) is 34.7 Å². The molecule has 1 N–H and O–H groups in total. The number of carbonyl (C=O) groups is 1. The SMILES string of the molecule is CCc1ccc(CNC(=O)COc2ccc(N(C)Cc3ccc(F)cc3)nn2)nc1. The van der Waals surface area contributed by atoms with Crippen LogP contribution in [0.25, 0.3) is 0 Å². The number of aryl methyl sites for hydroxylation is 1. The van der Waals surface area contributed by atoms with Crippen molar-refractivity contribution in [3.63, 3.8) is 0 Å². The minimum Gasteiger partial charge on any atom is -0.466 e. The number of carbonyl (C=O) groups excluding carboxylic acids is 1. The van der Waals surface area contributed by atoms with E-state index >= 15 is 0 Å². The molecule has 8 heteroatoms. The van der Waals surface area contributed by atoms with E-state index in [9.17, 15) is 9.18 Å². The van der Waals surface area contributed by atoms with Crippen LogP contribution in [0.5, 0.6) is 5.88 Å². The van der Waals surface area contributed by atoms with Gasteiger partial charge >= 0.3 is 0 Å². The molecule has 0 aliphatic carbocycles. The molecule has 0 fully saturated rings. The second kappa shape index (κ2) is 10.3. The molecule has 3 aromatic rings. The fraction of sp³-hybridized carbons (Fsp3) is 0.273. The lowest BCUT2D eigenvalue weighted by Gasteiger charge is -2.17. The number of nitrogens with one attached hydrogen (secondary N) is 1. The topological polar surface area (TPSA) is 80.2 Å². The van der Waals surface area contributed by atoms with Crippen LogP contribution in [0.1, 0.15) is 23.7 Å². The lowest BCUT2D eigenvalue weighted by atomic mass is 10.2. The van der Waals surface area contributed by atoms with Gasteiger partial charge < -0.3 is 15.0 Å². The molecule has 0 atom stereocenters. The van der Waals surface area contributed by atoms with Gasteiger partial charge in [-0.2, -0.15) is 0 Å². The smallest absolute Gasteiger partial charge is 0.258 e. The minimum atomic E-state index is -0.268. The number of halogens is 1. The fourth-order valence-electron chi connectivity index (χ4n) is 2.69. The molecule has 0 radical (unpaired) electrons. The number of hydrogen-bond donors (Lipinski definition) is 1. The molecule has 7 nitrogen and oxygen atoms in total. The van der Waals surface area contributed by atoms with Crippen LogP contribution in [0.2, 0.25) is 0 Å². The number of benzene rings is 1. The van der Waals surface area contributed by atoms with Crippen LogP contribution in [0.4, 0.5) is 10.2 Å². The van der Waals surface area contributed by atoms with E-state index in [4.69, 9.17) is 4.74 Å². The summed E-state index contributed by atoms with van der Waals surface area (Å²) in [6, 6.07) is 13.6. The molecular formula is C22H24FN5O2. The molecule has 1 amide bonds. The van der Waals surface area contributed by atoms with Crippen LogP contribution < -0.4 is 15.0 Å². The highest BCUT2D eigenvalue weighted by molar-refractivity contribution is 5.77. The Bertz CT molecular complexity index is 947. The summed E-state index contributed by atoms with van der Waals surface area (Å²) in [5.41, 5.74) is 2.89. The van der Waals surface area contributed by atoms with Crippen molar-refractivity contribution in [1.29, 1.82) is 0 Å². The quantitative estimate of drug-likeness (QED) is 0.585. The van der Waals surface area contributed by atoms with Crippen molar-refractivity contribution in [2.24, 2.45) is 0 Å². The standard InChI is InChI=1S/C22H24FN5O2/c1-3-16-6-9-19(24-12-16)13-25-21(29)15-30-22-11-10-20(26-27-22)28(2)14-17-4-7-18(23)8-5-17/h4-12H,3,13-15H2,1-2H3,(H,25,29). The third-order valence-electron chi connectivity index (χ3n) is 4.46. The number of ether oxygens (including phenoxy) is 1. The maximum Gasteiger partial charge on any atom is 0.258 e. The molecule has 0 spiro atoms. The third-order valence-corrected chi connectivity index (χ3v) is 4.46. The van der Waals surface area contributed by atoms with E-state index in [0.29, 0.717) is 18.9 Å². The maximum atomic E-state index is 13.0. The van der Waals surface area contributed by atoms with Gasteiger partial charge in [0.25, 0.3) is 5.91 Å². The summed E-state index contributed by atoms with van der Waals surface area (Å²) in [7, 11) is 1.86. The normalized spacial score (nSPS) is 10.5. The van der Waals surface area contributed by atoms with Gasteiger partial charge in [0, 0.05) is 25.9 Å². The lowest BCUT2D eigenvalue weighted by Crippen LogP contribution is -2.29. The first-order chi connectivity index (χ1) is 14.5. The molecule has 0 aliphatic rings. The minimum absolute atomic E-state index is 0.160. The Kier molecular flexibility index (Phi) is 7.26. The Morgan fingerprint density at radius 2 is 1.83 bits per heavy atom. The summed E-state index contributed by atoms with van der Waals surface area (Å²) in [4.78, 5) is 18.1. The maximum absolute atomic E-state index is 13.0. The van der Waals surface area contributed by atoms with E-state index in [-0.39, 0.29) is 24.2 Å². The van der Waals surface area contributed by atoms with Gasteiger partial charge in [-0.15, -0.1) is 10.2 Å². The first-order valence-electron chi connectivity index (χ1n) is 9.66. The lowest BCUT2D eigenvalue weighted by molar-refractivity contribution is -0.123. The van der Waals surface area contributed by atoms with Crippen molar-refractivity contribution in [3.05, 3.63) is 77.4 Å². The van der Waals surface area contributed by atoms with Crippen molar-refractivity contribution < 1.29 is 13.9 Å². The number of anilines is 1. The second-order valence-corrected chi connectivity index (χ2v) is 6.79. The van der Waals surface area contributed by atoms with E-state index in [2.05, 4.69) is 27.4 Å². The number of rotatable bonds is 9. The Labute approximate surface area is 174 Å². The summed E-state index contributed by atoms with van der Waals surface area (Å²) in [5.74, 6) is 0.361. The Morgan fingerprint density at radius 1 is 1.07 bits per heavy atom. The molecule has 0 saturated heterocycles. The van der Waals surface area contributed by atoms with Crippen molar-refractivity contribution in [1.82, 2.24) is 20.5 Å². The first-order valence-corrected chi connectivity index (χ1v) is 9.66. The van der Waals surface area contributed by atoms with E-state index < -0.39 is 0 Å². The fourth-order valence-corrected chi connectivity index (χ4v) is 2.69. The summed E-state index contributed by atoms with van der Waals surface area (Å²) in [6.07, 6.45) is 2.73. The van der Waals surface area contributed by atoms with Crippen LogP contribution in [0.3, 0.4) is 0 Å². The zero-order valence-corrected chi connectivity index (χ0v) is 17.0. The van der Waals surface area contributed by atoms with Gasteiger partial charge in [0.15, 0.2) is 12.4 Å². The summed E-state index contributed by atoms with van der Waals surface area (Å²) >= 11 is 0. The van der Waals surface area contributed by atoms with Crippen LogP contribution in [0, 0.1) is 5.82 Å². The molecule has 156 valence electrons. The Morgan fingerprint density at radius 3 is 2.47 bits per heavy atom. The van der Waals surface area contributed by atoms with Crippen molar-refractivity contribution in [3.8, 4) is 5.88 Å². The van der Waals surface area contributed by atoms with Crippen LogP contribution in [0.15, 0.2) is 54.7 Å². The Balaban J connectivity index is 1.44. The van der Waals surface area contributed by atoms with Gasteiger partial charge in [-0.05, 0) is 41.8 Å². The number of nitrogens with zero attached hydrogens (tertiary/aromatic N) is 4. The Hall–Kier alpha value is -3.55. The van der Waals surface area contributed by atoms with Gasteiger partial charge in [-0.1, -0.05) is 25.1 Å². The van der Waals surface area contributed by atoms with E-state index in [0.717, 1.165) is 23.2 Å². The van der Waals surface area contributed by atoms with E-state index in [1.165, 1.54) is 12.1 Å². The number of hydrogen-bond acceptors (Lipinski definition) is 6. The molecule has 3 rings (SSSR count). The van der Waals surface area contributed by atoms with Gasteiger partial charge in [0.05, 0.1) is 12.2 Å². The average Bonchev–Trinajstić information content (AvgIpc) is 2.78. The van der Waals surface area contributed by atoms with Gasteiger partial charge in [-0.25, -0.2) is 4.39 Å². The average molecular weight is 409 g/mol. The largest absolute Gasteiger partial charge is 0.466 e. The number of pyridine rings is 1. The van der Waals surface area contributed by atoms with Crippen molar-refractivity contribution in [2.75, 3.05) is 18.6 Å². The van der Waals surface area contributed by atoms with E-state index in [1.807, 2.05) is 30.3 Å². The van der Waals surface area contributed by atoms with Gasteiger partial charge in [-0.3, -0.25) is 9.78 Å². The van der Waals surface area contributed by atoms with Gasteiger partial charge in [0.1, 0.15) is 5.82 Å². The molecule has 0 bridgehead atoms. The van der Waals surface area contributed by atoms with Crippen LogP contribution in [-0.2, 0) is 24.3 Å². The molecule has 0 saturated carbocycles. The van der Waals surface area contributed by atoms with Gasteiger partial charge in [0.2, 0.25) is 5.88 Å². The van der Waals surface area contributed by atoms with Crippen molar-refractivity contribution >= 4 is 11.7 Å². The van der Waals surface area contributed by atoms with Crippen molar-refractivity contribution in [2.45, 2.75) is 26.4 Å². The second-order valence-electron chi connectivity index (χ2n) is 6.79. The highest BCUT2D eigenvalue weighted by Crippen LogP contribution is 2.15. The predicted octanol–water partition coefficient (Wildman–Crippen LogP) is 2.90. The number of amides is 1. The molecule has 0 unspecified atom stereocenters. The summed E-state index contributed by atoms with van der Waals surface area (Å²) in [6.45, 7) is 2.80. The molecule has 0 aliphatic heterocycles. The first kappa shape index (κ1) is 21.2. The molecule has 2 heterocycles. The van der Waals surface area contributed by atoms with E-state index in [1.54, 1.807) is 24.3 Å². The highest BCUT2D eigenvalue weighted by atomic mass is 19.1. The zero-order valence-electron chi connectivity index (χ0n) is 17.0. The number of aromatic nitrogens is 3. The predicted molar refractivity (Wildman–Crippen MR) is 111 cm³/mol. The molecule has 1 aromatic carbocycles. The summed E-state index contributed by atoms with van der Waals surface area (Å²) < 4.78 is 18.4. The monoisotopic (exact) mass is 409 g/mol. The molecular weight excluding hydrogens is 385 g/mol. The van der Waals surface area contributed by atoms with Crippen LogP contribution >= 0.6 is 0 Å². The summed E-state index contributed by atoms with van der Waals surface area (Å²) in [5, 5.41) is 10.9. The zero-order chi connectivity index (χ0) is 21.3. The molecule has 2 aromatic heterocycles.